The summed E-state index contributed by atoms with van der Waals surface area (Å²) in [6, 6.07) is 7.13. The topological polar surface area (TPSA) is 66.9 Å². The van der Waals surface area contributed by atoms with Gasteiger partial charge in [-0.2, -0.15) is 4.31 Å². The Morgan fingerprint density at radius 2 is 1.78 bits per heavy atom. The molecule has 1 fully saturated rings. The van der Waals surface area contributed by atoms with Gasteiger partial charge >= 0.3 is 0 Å². The highest BCUT2D eigenvalue weighted by Crippen LogP contribution is 2.28. The molecule has 1 aromatic carbocycles. The van der Waals surface area contributed by atoms with Gasteiger partial charge in [0.25, 0.3) is 5.91 Å². The summed E-state index contributed by atoms with van der Waals surface area (Å²) in [5.74, 6) is -0.185. The molecule has 0 spiro atoms. The molecule has 0 unspecified atom stereocenters. The van der Waals surface area contributed by atoms with Crippen LogP contribution in [0.4, 0.5) is 4.39 Å². The fraction of sp³-hybridized carbons (Fsp3) is 0.389. The number of sulfonamides is 1. The Kier molecular flexibility index (Phi) is 5.83. The van der Waals surface area contributed by atoms with E-state index < -0.39 is 10.0 Å². The third kappa shape index (κ3) is 4.48. The first-order valence-electron chi connectivity index (χ1n) is 8.50. The normalized spacial score (nSPS) is 15.7. The number of amides is 1. The van der Waals surface area contributed by atoms with Gasteiger partial charge < -0.3 is 9.64 Å². The van der Waals surface area contributed by atoms with Crippen LogP contribution in [0.15, 0.2) is 35.2 Å². The smallest absolute Gasteiger partial charge is 0.260 e. The van der Waals surface area contributed by atoms with Crippen molar-refractivity contribution in [2.24, 2.45) is 0 Å². The molecule has 6 nitrogen and oxygen atoms in total. The molecule has 3 rings (SSSR count). The van der Waals surface area contributed by atoms with E-state index in [4.69, 9.17) is 4.74 Å². The minimum atomic E-state index is -3.54. The quantitative estimate of drug-likeness (QED) is 0.757. The van der Waals surface area contributed by atoms with Crippen molar-refractivity contribution in [3.8, 4) is 5.75 Å². The van der Waals surface area contributed by atoms with Crippen LogP contribution in [-0.2, 0) is 14.8 Å². The maximum Gasteiger partial charge on any atom is 0.260 e. The van der Waals surface area contributed by atoms with Crippen LogP contribution >= 0.6 is 11.3 Å². The third-order valence-corrected chi connectivity index (χ3v) is 7.50. The van der Waals surface area contributed by atoms with Gasteiger partial charge in [0.05, 0.1) is 4.90 Å². The Morgan fingerprint density at radius 3 is 2.33 bits per heavy atom. The molecule has 0 saturated carbocycles. The molecule has 0 aliphatic carbocycles. The van der Waals surface area contributed by atoms with E-state index in [9.17, 15) is 17.6 Å². The molecule has 1 aliphatic heterocycles. The Labute approximate surface area is 162 Å². The molecule has 1 amide bonds. The summed E-state index contributed by atoms with van der Waals surface area (Å²) in [5.41, 5.74) is 0. The molecule has 1 aromatic heterocycles. The lowest BCUT2D eigenvalue weighted by Gasteiger charge is -2.33. The second-order valence-corrected chi connectivity index (χ2v) is 9.67. The Morgan fingerprint density at radius 1 is 1.15 bits per heavy atom. The van der Waals surface area contributed by atoms with Crippen LogP contribution in [0.25, 0.3) is 0 Å². The molecule has 2 heterocycles. The first-order chi connectivity index (χ1) is 12.8. The highest BCUT2D eigenvalue weighted by molar-refractivity contribution is 7.89. The van der Waals surface area contributed by atoms with E-state index in [2.05, 4.69) is 0 Å². The minimum Gasteiger partial charge on any atom is -0.484 e. The fourth-order valence-electron chi connectivity index (χ4n) is 2.95. The van der Waals surface area contributed by atoms with Gasteiger partial charge in [0.15, 0.2) is 6.61 Å². The van der Waals surface area contributed by atoms with Crippen molar-refractivity contribution in [3.05, 3.63) is 45.9 Å². The Bertz CT molecular complexity index is 917. The van der Waals surface area contributed by atoms with Gasteiger partial charge in [-0.05, 0) is 44.2 Å². The highest BCUT2D eigenvalue weighted by atomic mass is 32.2. The molecule has 9 heteroatoms. The van der Waals surface area contributed by atoms with Gasteiger partial charge in [0, 0.05) is 35.9 Å². The van der Waals surface area contributed by atoms with Gasteiger partial charge in [0.2, 0.25) is 10.0 Å². The molecule has 1 saturated heterocycles. The summed E-state index contributed by atoms with van der Waals surface area (Å²) >= 11 is 1.46. The van der Waals surface area contributed by atoms with E-state index in [0.29, 0.717) is 23.7 Å². The third-order valence-electron chi connectivity index (χ3n) is 4.38. The number of rotatable bonds is 5. The number of piperazine rings is 1. The van der Waals surface area contributed by atoms with Crippen molar-refractivity contribution >= 4 is 27.3 Å². The van der Waals surface area contributed by atoms with Crippen molar-refractivity contribution in [2.75, 3.05) is 32.8 Å². The van der Waals surface area contributed by atoms with Crippen LogP contribution in [0.3, 0.4) is 0 Å². The summed E-state index contributed by atoms with van der Waals surface area (Å²) in [4.78, 5) is 16.0. The molecule has 0 atom stereocenters. The zero-order valence-electron chi connectivity index (χ0n) is 15.1. The molecule has 0 radical (unpaired) electrons. The maximum absolute atomic E-state index is 12.9. The number of carbonyl (C=O) groups excluding carboxylic acids is 1. The van der Waals surface area contributed by atoms with E-state index in [0.717, 1.165) is 9.75 Å². The maximum atomic E-state index is 12.9. The fourth-order valence-corrected chi connectivity index (χ4v) is 5.89. The van der Waals surface area contributed by atoms with Crippen molar-refractivity contribution in [1.29, 1.82) is 0 Å². The summed E-state index contributed by atoms with van der Waals surface area (Å²) in [6.07, 6.45) is 0. The molecule has 0 bridgehead atoms. The van der Waals surface area contributed by atoms with E-state index >= 15 is 0 Å². The highest BCUT2D eigenvalue weighted by Gasteiger charge is 2.31. The van der Waals surface area contributed by atoms with E-state index in [1.807, 2.05) is 6.92 Å². The van der Waals surface area contributed by atoms with Crippen molar-refractivity contribution in [1.82, 2.24) is 9.21 Å². The molecule has 2 aromatic rings. The van der Waals surface area contributed by atoms with Crippen molar-refractivity contribution in [2.45, 2.75) is 18.7 Å². The van der Waals surface area contributed by atoms with E-state index in [1.54, 1.807) is 17.9 Å². The second-order valence-electron chi connectivity index (χ2n) is 6.30. The van der Waals surface area contributed by atoms with Crippen LogP contribution in [-0.4, -0.2) is 56.3 Å². The number of aryl methyl sites for hydroxylation is 2. The Hall–Kier alpha value is -1.97. The lowest BCUT2D eigenvalue weighted by atomic mass is 10.3. The largest absolute Gasteiger partial charge is 0.484 e. The SMILES string of the molecule is Cc1cc(S(=O)(=O)N2CCN(C(=O)COc3ccc(F)cc3)CC2)c(C)s1. The lowest BCUT2D eigenvalue weighted by Crippen LogP contribution is -2.51. The summed E-state index contributed by atoms with van der Waals surface area (Å²) < 4.78 is 45.3. The van der Waals surface area contributed by atoms with Gasteiger partial charge in [-0.15, -0.1) is 11.3 Å². The van der Waals surface area contributed by atoms with Gasteiger partial charge in [-0.3, -0.25) is 4.79 Å². The van der Waals surface area contributed by atoms with Gasteiger partial charge in [-0.1, -0.05) is 0 Å². The minimum absolute atomic E-state index is 0.165. The summed E-state index contributed by atoms with van der Waals surface area (Å²) in [5, 5.41) is 0. The number of hydrogen-bond acceptors (Lipinski definition) is 5. The number of benzene rings is 1. The average Bonchev–Trinajstić information content (AvgIpc) is 3.00. The summed E-state index contributed by atoms with van der Waals surface area (Å²) in [6.45, 7) is 4.64. The number of ether oxygens (including phenoxy) is 1. The van der Waals surface area contributed by atoms with Crippen LogP contribution in [0.1, 0.15) is 9.75 Å². The summed E-state index contributed by atoms with van der Waals surface area (Å²) in [7, 11) is -3.54. The molecule has 0 N–H and O–H groups in total. The first kappa shape index (κ1) is 19.8. The van der Waals surface area contributed by atoms with Gasteiger partial charge in [0.1, 0.15) is 11.6 Å². The molecule has 1 aliphatic rings. The monoisotopic (exact) mass is 412 g/mol. The predicted octanol–water partition coefficient (Wildman–Crippen LogP) is 2.42. The predicted molar refractivity (Wildman–Crippen MR) is 101 cm³/mol. The number of carbonyl (C=O) groups is 1. The molecular formula is C18H21FN2O4S2. The zero-order chi connectivity index (χ0) is 19.6. The van der Waals surface area contributed by atoms with Crippen LogP contribution in [0.5, 0.6) is 5.75 Å². The number of halogens is 1. The number of thiophene rings is 1. The number of hydrogen-bond donors (Lipinski definition) is 0. The second kappa shape index (κ2) is 7.95. The molecule has 146 valence electrons. The van der Waals surface area contributed by atoms with Crippen molar-refractivity contribution in [3.63, 3.8) is 0 Å². The van der Waals surface area contributed by atoms with Gasteiger partial charge in [-0.25, -0.2) is 12.8 Å². The number of nitrogens with zero attached hydrogens (tertiary/aromatic N) is 2. The van der Waals surface area contributed by atoms with Crippen molar-refractivity contribution < 1.29 is 22.3 Å². The van der Waals surface area contributed by atoms with Crippen LogP contribution in [0.2, 0.25) is 0 Å². The molecule has 27 heavy (non-hydrogen) atoms. The van der Waals surface area contributed by atoms with E-state index in [1.165, 1.54) is 39.9 Å². The van der Waals surface area contributed by atoms with Crippen LogP contribution < -0.4 is 4.74 Å². The zero-order valence-corrected chi connectivity index (χ0v) is 16.8. The van der Waals surface area contributed by atoms with E-state index in [-0.39, 0.29) is 31.4 Å². The standard InChI is InChI=1S/C18H21FN2O4S2/c1-13-11-17(14(2)26-13)27(23,24)21-9-7-20(8-10-21)18(22)12-25-16-5-3-15(19)4-6-16/h3-6,11H,7-10,12H2,1-2H3. The molecular weight excluding hydrogens is 391 g/mol. The first-order valence-corrected chi connectivity index (χ1v) is 10.8. The average molecular weight is 413 g/mol. The Balaban J connectivity index is 1.55. The lowest BCUT2D eigenvalue weighted by molar-refractivity contribution is -0.134. The van der Waals surface area contributed by atoms with Crippen LogP contribution in [0, 0.1) is 19.7 Å².